The van der Waals surface area contributed by atoms with Crippen molar-refractivity contribution in [3.63, 3.8) is 0 Å². The van der Waals surface area contributed by atoms with Crippen molar-refractivity contribution in [1.29, 1.82) is 5.26 Å². The van der Waals surface area contributed by atoms with Gasteiger partial charge in [0.05, 0.1) is 23.3 Å². The molecule has 12 heteroatoms. The van der Waals surface area contributed by atoms with E-state index in [-0.39, 0.29) is 48.2 Å². The van der Waals surface area contributed by atoms with Crippen molar-refractivity contribution in [3.05, 3.63) is 69.2 Å². The predicted molar refractivity (Wildman–Crippen MR) is 169 cm³/mol. The van der Waals surface area contributed by atoms with E-state index in [1.54, 1.807) is 40.8 Å². The molecule has 11 nitrogen and oxygen atoms in total. The average molecular weight is 613 g/mol. The van der Waals surface area contributed by atoms with Gasteiger partial charge in [0.15, 0.2) is 5.65 Å². The number of amides is 2. The van der Waals surface area contributed by atoms with Gasteiger partial charge in [-0.05, 0) is 47.7 Å². The molecule has 0 unspecified atom stereocenters. The fourth-order valence-electron chi connectivity index (χ4n) is 5.31. The van der Waals surface area contributed by atoms with E-state index in [2.05, 4.69) is 16.0 Å². The molecule has 0 N–H and O–H groups in total. The van der Waals surface area contributed by atoms with Crippen LogP contribution in [0.1, 0.15) is 51.7 Å². The van der Waals surface area contributed by atoms with E-state index in [0.717, 1.165) is 21.4 Å². The quantitative estimate of drug-likeness (QED) is 0.235. The molecule has 5 rings (SSSR count). The lowest BCUT2D eigenvalue weighted by Gasteiger charge is -2.23. The summed E-state index contributed by atoms with van der Waals surface area (Å²) in [5.74, 6) is -0.986. The van der Waals surface area contributed by atoms with E-state index in [0.29, 0.717) is 22.0 Å². The van der Waals surface area contributed by atoms with Crippen molar-refractivity contribution in [2.75, 3.05) is 4.90 Å². The number of hydrogen-bond acceptors (Lipinski definition) is 7. The molecule has 0 aliphatic rings. The molecule has 226 valence electrons. The highest BCUT2D eigenvalue weighted by Gasteiger charge is 2.31. The number of aromatic nitrogens is 6. The number of nitriles is 1. The largest absolute Gasteiger partial charge is 0.348 e. The lowest BCUT2D eigenvalue weighted by atomic mass is 10.1. The van der Waals surface area contributed by atoms with Gasteiger partial charge in [0.2, 0.25) is 17.8 Å². The van der Waals surface area contributed by atoms with Crippen LogP contribution < -0.4 is 10.5 Å². The number of carbonyl (C=O) groups excluding carboxylic acids is 2. The molecular weight excluding hydrogens is 580 g/mol. The standard InChI is InChI=1S/C32H33ClN8O3/c1-18(2)11-26(42)41(27(43)12-19(3)4)32-36-30-28(31(44)39(32)6)29(25-13-20(15-34)16-38(25)5)40(37-30)17-21-9-10-35-24-8-7-22(33)14-23(21)24/h7-10,13-14,16,18-19H,11-12,17H2,1-6H3. The summed E-state index contributed by atoms with van der Waals surface area (Å²) in [4.78, 5) is 51.1. The number of nitrogens with zero attached hydrogens (tertiary/aromatic N) is 8. The first-order valence-electron chi connectivity index (χ1n) is 14.3. The SMILES string of the molecule is CC(C)CC(=O)N(C(=O)CC(C)C)c1nc2nn(Cc3ccnc4ccc(Cl)cc34)c(-c3cc(C#N)cn3C)c2c(=O)n1C. The molecule has 44 heavy (non-hydrogen) atoms. The molecule has 0 fully saturated rings. The predicted octanol–water partition coefficient (Wildman–Crippen LogP) is 5.21. The number of anilines is 1. The topological polar surface area (TPSA) is 132 Å². The molecule has 1 aromatic carbocycles. The number of hydrogen-bond donors (Lipinski definition) is 0. The highest BCUT2D eigenvalue weighted by Crippen LogP contribution is 2.31. The van der Waals surface area contributed by atoms with Crippen LogP contribution in [0.15, 0.2) is 47.5 Å². The van der Waals surface area contributed by atoms with E-state index in [1.165, 1.54) is 11.6 Å². The highest BCUT2D eigenvalue weighted by atomic mass is 35.5. The summed E-state index contributed by atoms with van der Waals surface area (Å²) in [7, 11) is 3.28. The normalized spacial score (nSPS) is 11.5. The Morgan fingerprint density at radius 1 is 1.05 bits per heavy atom. The molecule has 2 amide bonds. The molecule has 5 aromatic rings. The fourth-order valence-corrected chi connectivity index (χ4v) is 5.48. The van der Waals surface area contributed by atoms with E-state index in [9.17, 15) is 19.6 Å². The Labute approximate surface area is 259 Å². The third-order valence-electron chi connectivity index (χ3n) is 7.31. The molecule has 0 radical (unpaired) electrons. The minimum atomic E-state index is -0.478. The second-order valence-corrected chi connectivity index (χ2v) is 12.2. The third-order valence-corrected chi connectivity index (χ3v) is 7.55. The van der Waals surface area contributed by atoms with Gasteiger partial charge in [0, 0.05) is 49.7 Å². The minimum absolute atomic E-state index is 0.0150. The smallest absolute Gasteiger partial charge is 0.266 e. The zero-order chi connectivity index (χ0) is 31.9. The van der Waals surface area contributed by atoms with E-state index < -0.39 is 17.4 Å². The zero-order valence-corrected chi connectivity index (χ0v) is 26.3. The molecule has 0 atom stereocenters. The Hall–Kier alpha value is -4.82. The van der Waals surface area contributed by atoms with Crippen LogP contribution in [0.2, 0.25) is 5.02 Å². The van der Waals surface area contributed by atoms with Gasteiger partial charge >= 0.3 is 0 Å². The maximum atomic E-state index is 14.2. The van der Waals surface area contributed by atoms with Crippen molar-refractivity contribution in [1.82, 2.24) is 28.9 Å². The van der Waals surface area contributed by atoms with Crippen LogP contribution in [-0.2, 0) is 30.2 Å². The van der Waals surface area contributed by atoms with Gasteiger partial charge in [-0.2, -0.15) is 15.3 Å². The van der Waals surface area contributed by atoms with Gasteiger partial charge in [0.1, 0.15) is 17.1 Å². The molecule has 0 aliphatic heterocycles. The van der Waals surface area contributed by atoms with Crippen LogP contribution in [0.4, 0.5) is 5.95 Å². The Kier molecular flexibility index (Phi) is 8.39. The number of aryl methyl sites for hydroxylation is 1. The van der Waals surface area contributed by atoms with Crippen molar-refractivity contribution >= 4 is 51.3 Å². The van der Waals surface area contributed by atoms with Crippen molar-refractivity contribution < 1.29 is 9.59 Å². The first kappa shape index (κ1) is 30.6. The van der Waals surface area contributed by atoms with Gasteiger partial charge in [0.25, 0.3) is 5.56 Å². The minimum Gasteiger partial charge on any atom is -0.348 e. The van der Waals surface area contributed by atoms with Gasteiger partial charge in [-0.1, -0.05) is 39.3 Å². The fraction of sp³-hybridized carbons (Fsp3) is 0.344. The summed E-state index contributed by atoms with van der Waals surface area (Å²) >= 11 is 6.33. The monoisotopic (exact) mass is 612 g/mol. The van der Waals surface area contributed by atoms with E-state index in [1.807, 2.05) is 45.9 Å². The number of fused-ring (bicyclic) bond motifs is 2. The highest BCUT2D eigenvalue weighted by molar-refractivity contribution is 6.31. The lowest BCUT2D eigenvalue weighted by molar-refractivity contribution is -0.127. The summed E-state index contributed by atoms with van der Waals surface area (Å²) in [6, 6.07) is 11.1. The van der Waals surface area contributed by atoms with Gasteiger partial charge in [-0.15, -0.1) is 0 Å². The molecule has 0 aliphatic carbocycles. The van der Waals surface area contributed by atoms with Crippen LogP contribution in [0.3, 0.4) is 0 Å². The van der Waals surface area contributed by atoms with Crippen molar-refractivity contribution in [2.24, 2.45) is 25.9 Å². The molecule has 4 heterocycles. The lowest BCUT2D eigenvalue weighted by Crippen LogP contribution is -2.42. The second kappa shape index (κ2) is 12.1. The Morgan fingerprint density at radius 2 is 1.73 bits per heavy atom. The van der Waals surface area contributed by atoms with Crippen molar-refractivity contribution in [2.45, 2.75) is 47.1 Å². The zero-order valence-electron chi connectivity index (χ0n) is 25.5. The third kappa shape index (κ3) is 5.73. The number of benzene rings is 1. The van der Waals surface area contributed by atoms with Crippen molar-refractivity contribution in [3.8, 4) is 17.5 Å². The average Bonchev–Trinajstić information content (AvgIpc) is 3.50. The summed E-state index contributed by atoms with van der Waals surface area (Å²) in [6.07, 6.45) is 3.58. The molecule has 0 saturated carbocycles. The molecule has 0 spiro atoms. The molecular formula is C32H33ClN8O3. The summed E-state index contributed by atoms with van der Waals surface area (Å²) in [5, 5.41) is 15.9. The number of halogens is 1. The Bertz CT molecular complexity index is 2010. The first-order chi connectivity index (χ1) is 20.9. The maximum Gasteiger partial charge on any atom is 0.266 e. The Morgan fingerprint density at radius 3 is 2.34 bits per heavy atom. The van der Waals surface area contributed by atoms with Crippen LogP contribution in [0, 0.1) is 23.2 Å². The number of rotatable bonds is 8. The maximum absolute atomic E-state index is 14.2. The molecule has 0 saturated heterocycles. The summed E-state index contributed by atoms with van der Waals surface area (Å²) in [5.41, 5.74) is 2.63. The molecule has 0 bridgehead atoms. The van der Waals surface area contributed by atoms with Gasteiger partial charge in [-0.3, -0.25) is 28.6 Å². The van der Waals surface area contributed by atoms with Crippen LogP contribution >= 0.6 is 11.6 Å². The number of pyridine rings is 1. The first-order valence-corrected chi connectivity index (χ1v) is 14.7. The van der Waals surface area contributed by atoms with Crippen LogP contribution in [0.25, 0.3) is 33.3 Å². The van der Waals surface area contributed by atoms with E-state index in [4.69, 9.17) is 16.7 Å². The summed E-state index contributed by atoms with van der Waals surface area (Å²) in [6.45, 7) is 7.77. The van der Waals surface area contributed by atoms with Crippen LogP contribution in [-0.4, -0.2) is 40.7 Å². The Balaban J connectivity index is 1.78. The van der Waals surface area contributed by atoms with E-state index >= 15 is 0 Å². The van der Waals surface area contributed by atoms with Gasteiger partial charge < -0.3 is 4.57 Å². The van der Waals surface area contributed by atoms with Crippen LogP contribution in [0.5, 0.6) is 0 Å². The number of imide groups is 1. The van der Waals surface area contributed by atoms with Gasteiger partial charge in [-0.25, -0.2) is 4.90 Å². The molecule has 4 aromatic heterocycles. The number of carbonyl (C=O) groups is 2. The second-order valence-electron chi connectivity index (χ2n) is 11.8. The summed E-state index contributed by atoms with van der Waals surface area (Å²) < 4.78 is 4.64.